The number of hydrogen-bond acceptors (Lipinski definition) is 6. The van der Waals surface area contributed by atoms with Gasteiger partial charge in [0.15, 0.2) is 5.75 Å². The van der Waals surface area contributed by atoms with Crippen LogP contribution < -0.4 is 15.4 Å². The van der Waals surface area contributed by atoms with Gasteiger partial charge in [-0.2, -0.15) is 5.26 Å². The minimum absolute atomic E-state index is 0.252. The predicted octanol–water partition coefficient (Wildman–Crippen LogP) is 4.82. The summed E-state index contributed by atoms with van der Waals surface area (Å²) in [6.07, 6.45) is 3.86. The summed E-state index contributed by atoms with van der Waals surface area (Å²) in [6.45, 7) is 8.39. The number of ether oxygens (including phenoxy) is 2. The van der Waals surface area contributed by atoms with Crippen LogP contribution in [0.15, 0.2) is 63.6 Å². The average molecular weight is 423 g/mol. The van der Waals surface area contributed by atoms with Crippen molar-refractivity contribution in [3.05, 3.63) is 58.6 Å². The van der Waals surface area contributed by atoms with Crippen molar-refractivity contribution in [3.8, 4) is 11.8 Å². The molecular weight excluding hydrogens is 392 g/mol. The predicted molar refractivity (Wildman–Crippen MR) is 122 cm³/mol. The molecule has 7 nitrogen and oxygen atoms in total. The Kier molecular flexibility index (Phi) is 8.89. The van der Waals surface area contributed by atoms with Gasteiger partial charge in [0.2, 0.25) is 5.88 Å². The molecule has 0 aliphatic carbocycles. The summed E-state index contributed by atoms with van der Waals surface area (Å²) in [5.74, 6) is 1.45. The molecule has 0 amide bonds. The Morgan fingerprint density at radius 2 is 2.06 bits per heavy atom. The third-order valence-corrected chi connectivity index (χ3v) is 4.77. The van der Waals surface area contributed by atoms with Gasteiger partial charge in [0.05, 0.1) is 24.3 Å². The van der Waals surface area contributed by atoms with E-state index in [9.17, 15) is 10.1 Å². The summed E-state index contributed by atoms with van der Waals surface area (Å²) in [5.41, 5.74) is 3.89. The zero-order valence-electron chi connectivity index (χ0n) is 18.8. The molecule has 0 saturated carbocycles. The largest absolute Gasteiger partial charge is 0.469 e. The molecule has 31 heavy (non-hydrogen) atoms. The summed E-state index contributed by atoms with van der Waals surface area (Å²) >= 11 is 0. The molecule has 2 N–H and O–H groups in total. The highest BCUT2D eigenvalue weighted by atomic mass is 16.5. The number of para-hydroxylation sites is 2. The van der Waals surface area contributed by atoms with Gasteiger partial charge in [0.1, 0.15) is 11.6 Å². The van der Waals surface area contributed by atoms with Crippen LogP contribution in [0, 0.1) is 11.3 Å². The lowest BCUT2D eigenvalue weighted by Gasteiger charge is -2.15. The number of anilines is 1. The number of aliphatic imine (C=N–C) groups is 1. The van der Waals surface area contributed by atoms with Crippen LogP contribution in [0.25, 0.3) is 0 Å². The molecule has 0 spiro atoms. The second-order valence-electron chi connectivity index (χ2n) is 7.21. The van der Waals surface area contributed by atoms with Crippen LogP contribution in [0.1, 0.15) is 47.0 Å². The second-order valence-corrected chi connectivity index (χ2v) is 7.21. The number of esters is 1. The van der Waals surface area contributed by atoms with Crippen molar-refractivity contribution >= 4 is 17.5 Å². The zero-order chi connectivity index (χ0) is 22.8. The quantitative estimate of drug-likeness (QED) is 0.156. The van der Waals surface area contributed by atoms with Crippen molar-refractivity contribution in [1.29, 1.82) is 5.26 Å². The first kappa shape index (κ1) is 23.7. The first-order chi connectivity index (χ1) is 14.9. The van der Waals surface area contributed by atoms with E-state index < -0.39 is 0 Å². The molecule has 2 rings (SSSR count). The van der Waals surface area contributed by atoms with Crippen molar-refractivity contribution in [2.75, 3.05) is 19.0 Å². The summed E-state index contributed by atoms with van der Waals surface area (Å²) in [7, 11) is 1.37. The normalized spacial score (nSPS) is 15.7. The smallest absolute Gasteiger partial charge is 0.305 e. The number of fused-ring (bicyclic) bond motifs is 1. The summed E-state index contributed by atoms with van der Waals surface area (Å²) < 4.78 is 10.6. The number of rotatable bonds is 8. The van der Waals surface area contributed by atoms with Gasteiger partial charge in [-0.25, -0.2) is 0 Å². The topological polar surface area (TPSA) is 95.7 Å². The standard InChI is InChI=1S/C24H30N4O3/c1-6-16(2)14-17(3)23(27-18(4)26-13-9-12-22(29)30-5)19(15-25)24-28-20-10-7-8-11-21(20)31-24/h7-8,10-11,14,28H,6,9,12-13H2,1-5H3,(H,26,27)/b16-14?,23-17-,24-19+. The Morgan fingerprint density at radius 1 is 1.32 bits per heavy atom. The van der Waals surface area contributed by atoms with Gasteiger partial charge in [-0.05, 0) is 51.3 Å². The fourth-order valence-electron chi connectivity index (χ4n) is 2.95. The molecule has 1 heterocycles. The maximum Gasteiger partial charge on any atom is 0.305 e. The zero-order valence-corrected chi connectivity index (χ0v) is 18.8. The van der Waals surface area contributed by atoms with Gasteiger partial charge in [-0.15, -0.1) is 0 Å². The average Bonchev–Trinajstić information content (AvgIpc) is 3.19. The molecule has 1 aliphatic heterocycles. The van der Waals surface area contributed by atoms with Gasteiger partial charge in [-0.3, -0.25) is 9.79 Å². The number of hydrogen-bond donors (Lipinski definition) is 2. The maximum absolute atomic E-state index is 11.3. The maximum atomic E-state index is 11.3. The van der Waals surface area contributed by atoms with Crippen molar-refractivity contribution in [1.82, 2.24) is 5.32 Å². The number of nitriles is 1. The number of benzene rings is 1. The van der Waals surface area contributed by atoms with Crippen molar-refractivity contribution in [3.63, 3.8) is 0 Å². The van der Waals surface area contributed by atoms with Crippen LogP contribution in [0.4, 0.5) is 5.69 Å². The van der Waals surface area contributed by atoms with Gasteiger partial charge < -0.3 is 20.1 Å². The summed E-state index contributed by atoms with van der Waals surface area (Å²) in [5, 5.41) is 16.4. The molecule has 0 aromatic heterocycles. The Balaban J connectivity index is 2.33. The summed E-state index contributed by atoms with van der Waals surface area (Å²) in [6, 6.07) is 9.81. The molecule has 1 aliphatic rings. The Labute approximate surface area is 184 Å². The van der Waals surface area contributed by atoms with E-state index in [2.05, 4.69) is 33.4 Å². The molecule has 0 atom stereocenters. The van der Waals surface area contributed by atoms with Crippen molar-refractivity contribution in [2.24, 2.45) is 4.99 Å². The fourth-order valence-corrected chi connectivity index (χ4v) is 2.95. The van der Waals surface area contributed by atoms with E-state index in [4.69, 9.17) is 4.74 Å². The van der Waals surface area contributed by atoms with Crippen LogP contribution in [0.3, 0.4) is 0 Å². The number of carbonyl (C=O) groups excluding carboxylic acids is 1. The molecular formula is C24H30N4O3. The minimum Gasteiger partial charge on any atom is -0.469 e. The number of amidine groups is 1. The van der Waals surface area contributed by atoms with Crippen LogP contribution in [0.2, 0.25) is 0 Å². The molecule has 1 aromatic rings. The summed E-state index contributed by atoms with van der Waals surface area (Å²) in [4.78, 5) is 15.7. The third-order valence-electron chi connectivity index (χ3n) is 4.77. The van der Waals surface area contributed by atoms with E-state index in [-0.39, 0.29) is 5.97 Å². The van der Waals surface area contributed by atoms with Gasteiger partial charge in [-0.1, -0.05) is 30.7 Å². The van der Waals surface area contributed by atoms with E-state index >= 15 is 0 Å². The third kappa shape index (κ3) is 6.75. The molecule has 164 valence electrons. The van der Waals surface area contributed by atoms with Crippen LogP contribution >= 0.6 is 0 Å². The molecule has 0 bridgehead atoms. The Morgan fingerprint density at radius 3 is 2.71 bits per heavy atom. The first-order valence-corrected chi connectivity index (χ1v) is 10.3. The van der Waals surface area contributed by atoms with E-state index in [0.29, 0.717) is 48.1 Å². The van der Waals surface area contributed by atoms with Gasteiger partial charge >= 0.3 is 5.97 Å². The highest BCUT2D eigenvalue weighted by molar-refractivity contribution is 5.83. The number of carbonyl (C=O) groups is 1. The number of allylic oxidation sites excluding steroid dienone is 4. The minimum atomic E-state index is -0.252. The van der Waals surface area contributed by atoms with Crippen LogP contribution in [0.5, 0.6) is 5.75 Å². The molecule has 1 aromatic carbocycles. The lowest BCUT2D eigenvalue weighted by molar-refractivity contribution is -0.140. The number of nitrogens with one attached hydrogen (secondary N) is 2. The van der Waals surface area contributed by atoms with Gasteiger partial charge in [0, 0.05) is 13.0 Å². The molecule has 0 radical (unpaired) electrons. The van der Waals surface area contributed by atoms with Crippen LogP contribution in [-0.2, 0) is 9.53 Å². The van der Waals surface area contributed by atoms with E-state index in [1.165, 1.54) is 12.7 Å². The van der Waals surface area contributed by atoms with E-state index in [0.717, 1.165) is 17.7 Å². The Bertz CT molecular complexity index is 954. The van der Waals surface area contributed by atoms with E-state index in [1.807, 2.05) is 51.1 Å². The van der Waals surface area contributed by atoms with Gasteiger partial charge in [0.25, 0.3) is 0 Å². The van der Waals surface area contributed by atoms with Crippen molar-refractivity contribution in [2.45, 2.75) is 47.0 Å². The SMILES string of the molecule is CCC(C)=C/C(C)=C(NC(C)=NCCCC(=O)OC)/C(C#N)=C1\Nc2ccccc2O1. The lowest BCUT2D eigenvalue weighted by atomic mass is 10.1. The molecule has 0 unspecified atom stereocenters. The number of nitrogens with zero attached hydrogens (tertiary/aromatic N) is 2. The Hall–Kier alpha value is -3.53. The molecule has 0 saturated heterocycles. The fraction of sp³-hybridized carbons (Fsp3) is 0.375. The number of methoxy groups -OCH3 is 1. The van der Waals surface area contributed by atoms with Crippen molar-refractivity contribution < 1.29 is 14.3 Å². The lowest BCUT2D eigenvalue weighted by Crippen LogP contribution is -2.24. The first-order valence-electron chi connectivity index (χ1n) is 10.3. The highest BCUT2D eigenvalue weighted by Crippen LogP contribution is 2.35. The molecule has 0 fully saturated rings. The molecule has 7 heteroatoms. The van der Waals surface area contributed by atoms with E-state index in [1.54, 1.807) is 0 Å². The van der Waals surface area contributed by atoms with Crippen LogP contribution in [-0.4, -0.2) is 25.5 Å². The monoisotopic (exact) mass is 422 g/mol. The highest BCUT2D eigenvalue weighted by Gasteiger charge is 2.23. The second kappa shape index (κ2) is 11.6.